The third kappa shape index (κ3) is 6.39. The molecular weight excluding hydrogens is 392 g/mol. The number of anilines is 1. The molecule has 2 aromatic rings. The molecule has 1 N–H and O–H groups in total. The van der Waals surface area contributed by atoms with E-state index in [0.29, 0.717) is 17.9 Å². The van der Waals surface area contributed by atoms with E-state index in [4.69, 9.17) is 9.47 Å². The van der Waals surface area contributed by atoms with E-state index in [1.807, 2.05) is 44.2 Å². The summed E-state index contributed by atoms with van der Waals surface area (Å²) in [4.78, 5) is 12.7. The summed E-state index contributed by atoms with van der Waals surface area (Å²) in [6.45, 7) is 3.42. The molecule has 0 heterocycles. The van der Waals surface area contributed by atoms with E-state index < -0.39 is 21.5 Å². The molecule has 29 heavy (non-hydrogen) atoms. The lowest BCUT2D eigenvalue weighted by atomic mass is 9.95. The fourth-order valence-electron chi connectivity index (χ4n) is 3.07. The molecule has 2 aromatic carbocycles. The first-order chi connectivity index (χ1) is 13.6. The third-order valence-electron chi connectivity index (χ3n) is 4.31. The molecule has 0 aliphatic carbocycles. The number of amides is 1. The summed E-state index contributed by atoms with van der Waals surface area (Å²) >= 11 is 0. The molecule has 0 unspecified atom stereocenters. The van der Waals surface area contributed by atoms with Crippen LogP contribution in [0.25, 0.3) is 0 Å². The van der Waals surface area contributed by atoms with Crippen LogP contribution in [0.2, 0.25) is 0 Å². The summed E-state index contributed by atoms with van der Waals surface area (Å²) in [7, 11) is -0.827. The number of sulfonamides is 1. The number of benzene rings is 2. The van der Waals surface area contributed by atoms with Gasteiger partial charge in [0.2, 0.25) is 15.9 Å². The predicted octanol–water partition coefficient (Wildman–Crippen LogP) is 2.61. The van der Waals surface area contributed by atoms with Crippen molar-refractivity contribution >= 4 is 21.6 Å². The van der Waals surface area contributed by atoms with Crippen LogP contribution in [0.15, 0.2) is 48.5 Å². The second-order valence-electron chi connectivity index (χ2n) is 7.40. The van der Waals surface area contributed by atoms with Crippen molar-refractivity contribution in [3.8, 4) is 11.5 Å². The van der Waals surface area contributed by atoms with Crippen molar-refractivity contribution in [2.24, 2.45) is 0 Å². The Bertz CT molecular complexity index is 943. The maximum absolute atomic E-state index is 12.7. The highest BCUT2D eigenvalue weighted by Crippen LogP contribution is 2.33. The van der Waals surface area contributed by atoms with Crippen molar-refractivity contribution in [3.05, 3.63) is 54.1 Å². The van der Waals surface area contributed by atoms with E-state index >= 15 is 0 Å². The molecule has 0 atom stereocenters. The molecule has 0 aliphatic rings. The van der Waals surface area contributed by atoms with Gasteiger partial charge in [0.05, 0.1) is 26.2 Å². The summed E-state index contributed by atoms with van der Waals surface area (Å²) in [5, 5.41) is 2.93. The number of hydrogen-bond acceptors (Lipinski definition) is 5. The minimum atomic E-state index is -3.75. The number of rotatable bonds is 9. The number of methoxy groups -OCH3 is 2. The third-order valence-corrected chi connectivity index (χ3v) is 5.44. The summed E-state index contributed by atoms with van der Waals surface area (Å²) in [6, 6.07) is 14.6. The van der Waals surface area contributed by atoms with Crippen molar-refractivity contribution < 1.29 is 22.7 Å². The highest BCUT2D eigenvalue weighted by Gasteiger charge is 2.27. The zero-order valence-corrected chi connectivity index (χ0v) is 18.2. The molecule has 1 amide bonds. The summed E-state index contributed by atoms with van der Waals surface area (Å²) in [6.07, 6.45) is 1.66. The monoisotopic (exact) mass is 420 g/mol. The van der Waals surface area contributed by atoms with Gasteiger partial charge in [-0.3, -0.25) is 9.10 Å². The molecule has 0 spiro atoms. The molecule has 0 radical (unpaired) electrons. The fraction of sp³-hybridized carbons (Fsp3) is 0.381. The lowest BCUT2D eigenvalue weighted by Gasteiger charge is -2.29. The summed E-state index contributed by atoms with van der Waals surface area (Å²) in [5.74, 6) is 0.369. The zero-order valence-electron chi connectivity index (χ0n) is 17.4. The zero-order chi connectivity index (χ0) is 21.7. The van der Waals surface area contributed by atoms with Crippen LogP contribution < -0.4 is 19.1 Å². The van der Waals surface area contributed by atoms with Crippen molar-refractivity contribution in [1.29, 1.82) is 0 Å². The first-order valence-electron chi connectivity index (χ1n) is 9.10. The Labute approximate surface area is 172 Å². The van der Waals surface area contributed by atoms with Crippen LogP contribution in [-0.4, -0.2) is 46.9 Å². The van der Waals surface area contributed by atoms with Crippen molar-refractivity contribution in [2.75, 3.05) is 31.3 Å². The molecule has 0 aromatic heterocycles. The van der Waals surface area contributed by atoms with Gasteiger partial charge in [-0.05, 0) is 38.0 Å². The molecule has 0 fully saturated rings. The largest absolute Gasteiger partial charge is 0.497 e. The average molecular weight is 421 g/mol. The van der Waals surface area contributed by atoms with E-state index in [1.165, 1.54) is 20.3 Å². The molecule has 0 saturated carbocycles. The number of carbonyl (C=O) groups excluding carboxylic acids is 1. The molecule has 0 aliphatic heterocycles. The molecule has 2 rings (SSSR count). The molecule has 8 heteroatoms. The SMILES string of the molecule is COc1ccc(OC)c(N(CC(=O)NC(C)(C)Cc2ccccc2)S(C)(=O)=O)c1. The van der Waals surface area contributed by atoms with E-state index in [0.717, 1.165) is 16.1 Å². The minimum Gasteiger partial charge on any atom is -0.497 e. The Balaban J connectivity index is 2.24. The van der Waals surface area contributed by atoms with Crippen molar-refractivity contribution in [2.45, 2.75) is 25.8 Å². The smallest absolute Gasteiger partial charge is 0.241 e. The van der Waals surface area contributed by atoms with Crippen molar-refractivity contribution in [3.63, 3.8) is 0 Å². The molecule has 0 bridgehead atoms. The van der Waals surface area contributed by atoms with Crippen LogP contribution in [0, 0.1) is 0 Å². The molecule has 7 nitrogen and oxygen atoms in total. The predicted molar refractivity (Wildman–Crippen MR) is 114 cm³/mol. The maximum Gasteiger partial charge on any atom is 0.241 e. The molecule has 158 valence electrons. The van der Waals surface area contributed by atoms with Gasteiger partial charge >= 0.3 is 0 Å². The number of ether oxygens (including phenoxy) is 2. The van der Waals surface area contributed by atoms with Crippen molar-refractivity contribution in [1.82, 2.24) is 5.32 Å². The van der Waals surface area contributed by atoms with Gasteiger partial charge < -0.3 is 14.8 Å². The lowest BCUT2D eigenvalue weighted by Crippen LogP contribution is -2.50. The van der Waals surface area contributed by atoms with Crippen LogP contribution >= 0.6 is 0 Å². The minimum absolute atomic E-state index is 0.241. The summed E-state index contributed by atoms with van der Waals surface area (Å²) < 4.78 is 36.4. The van der Waals surface area contributed by atoms with Gasteiger partial charge in [0.25, 0.3) is 0 Å². The number of hydrogen-bond donors (Lipinski definition) is 1. The Kier molecular flexibility index (Phi) is 7.13. The highest BCUT2D eigenvalue weighted by molar-refractivity contribution is 7.92. The van der Waals surface area contributed by atoms with E-state index in [1.54, 1.807) is 12.1 Å². The van der Waals surface area contributed by atoms with Gasteiger partial charge in [0.15, 0.2) is 0 Å². The molecular formula is C21H28N2O5S. The average Bonchev–Trinajstić information content (AvgIpc) is 2.64. The second kappa shape index (κ2) is 9.17. The second-order valence-corrected chi connectivity index (χ2v) is 9.31. The maximum atomic E-state index is 12.7. The van der Waals surface area contributed by atoms with E-state index in [-0.39, 0.29) is 12.2 Å². The normalized spacial score (nSPS) is 11.6. The number of nitrogens with one attached hydrogen (secondary N) is 1. The number of nitrogens with zero attached hydrogens (tertiary/aromatic N) is 1. The Morgan fingerprint density at radius 3 is 2.28 bits per heavy atom. The topological polar surface area (TPSA) is 84.9 Å². The van der Waals surface area contributed by atoms with Crippen LogP contribution in [0.4, 0.5) is 5.69 Å². The Morgan fingerprint density at radius 2 is 1.72 bits per heavy atom. The quantitative estimate of drug-likeness (QED) is 0.674. The first kappa shape index (κ1) is 22.5. The number of carbonyl (C=O) groups is 1. The lowest BCUT2D eigenvalue weighted by molar-refractivity contribution is -0.121. The fourth-order valence-corrected chi connectivity index (χ4v) is 3.92. The van der Waals surface area contributed by atoms with Gasteiger partial charge in [-0.2, -0.15) is 0 Å². The van der Waals surface area contributed by atoms with Gasteiger partial charge in [0.1, 0.15) is 18.0 Å². The highest BCUT2D eigenvalue weighted by atomic mass is 32.2. The van der Waals surface area contributed by atoms with Crippen LogP contribution in [0.1, 0.15) is 19.4 Å². The Hall–Kier alpha value is -2.74. The van der Waals surface area contributed by atoms with Crippen LogP contribution in [0.3, 0.4) is 0 Å². The van der Waals surface area contributed by atoms with Crippen LogP contribution in [0.5, 0.6) is 11.5 Å². The van der Waals surface area contributed by atoms with Gasteiger partial charge in [-0.25, -0.2) is 8.42 Å². The van der Waals surface area contributed by atoms with E-state index in [9.17, 15) is 13.2 Å². The Morgan fingerprint density at radius 1 is 1.07 bits per heavy atom. The van der Waals surface area contributed by atoms with Gasteiger partial charge in [0, 0.05) is 11.6 Å². The first-order valence-corrected chi connectivity index (χ1v) is 11.0. The van der Waals surface area contributed by atoms with E-state index in [2.05, 4.69) is 5.32 Å². The standard InChI is InChI=1S/C21H28N2O5S/c1-21(2,14-16-9-7-6-8-10-16)22-20(24)15-23(29(5,25)26)18-13-17(27-3)11-12-19(18)28-4/h6-13H,14-15H2,1-5H3,(H,22,24). The summed E-state index contributed by atoms with van der Waals surface area (Å²) in [5.41, 5.74) is 0.762. The van der Waals surface area contributed by atoms with Gasteiger partial charge in [-0.1, -0.05) is 30.3 Å². The van der Waals surface area contributed by atoms with Crippen LogP contribution in [-0.2, 0) is 21.2 Å². The van der Waals surface area contributed by atoms with Gasteiger partial charge in [-0.15, -0.1) is 0 Å². The molecule has 0 saturated heterocycles.